The van der Waals surface area contributed by atoms with Crippen LogP contribution in [0, 0.1) is 5.92 Å². The Labute approximate surface area is 345 Å². The molecule has 2 aliphatic heterocycles. The smallest absolute Gasteiger partial charge is 0.309 e. The van der Waals surface area contributed by atoms with Crippen LogP contribution in [0.15, 0.2) is 72.8 Å². The molecule has 2 aliphatic rings. The van der Waals surface area contributed by atoms with Gasteiger partial charge in [-0.15, -0.1) is 0 Å². The summed E-state index contributed by atoms with van der Waals surface area (Å²) in [6.07, 6.45) is 22.1. The van der Waals surface area contributed by atoms with Gasteiger partial charge in [0.1, 0.15) is 5.60 Å². The monoisotopic (exact) mass is 796 g/mol. The molecule has 2 aromatic carbocycles. The highest BCUT2D eigenvalue weighted by Gasteiger charge is 2.46. The Morgan fingerprint density at radius 1 is 0.839 bits per heavy atom. The Hall–Kier alpha value is -3.11. The van der Waals surface area contributed by atoms with Crippen molar-refractivity contribution >= 4 is 29.8 Å². The van der Waals surface area contributed by atoms with E-state index in [1.54, 1.807) is 7.11 Å². The van der Waals surface area contributed by atoms with Crippen LogP contribution in [0.3, 0.4) is 0 Å². The van der Waals surface area contributed by atoms with Gasteiger partial charge in [0.2, 0.25) is 6.41 Å². The Kier molecular flexibility index (Phi) is 24.1. The van der Waals surface area contributed by atoms with Gasteiger partial charge in [-0.2, -0.15) is 0 Å². The molecule has 0 aliphatic carbocycles. The molecule has 1 atom stereocenters. The fraction of sp³-hybridized carbons (Fsp3) is 0.638. The van der Waals surface area contributed by atoms with E-state index < -0.39 is 11.2 Å². The number of methoxy groups -OCH3 is 1. The van der Waals surface area contributed by atoms with E-state index in [1.165, 1.54) is 62.7 Å². The zero-order valence-corrected chi connectivity index (χ0v) is 36.5. The lowest BCUT2D eigenvalue weighted by Crippen LogP contribution is -2.32. The van der Waals surface area contributed by atoms with Crippen molar-refractivity contribution in [1.82, 2.24) is 4.90 Å². The molecule has 56 heavy (non-hydrogen) atoms. The molecule has 314 valence electrons. The van der Waals surface area contributed by atoms with Crippen molar-refractivity contribution in [1.29, 1.82) is 0 Å². The van der Waals surface area contributed by atoms with Crippen LogP contribution in [0.25, 0.3) is 0 Å². The summed E-state index contributed by atoms with van der Waals surface area (Å²) >= 11 is 5.16. The second-order valence-corrected chi connectivity index (χ2v) is 16.2. The van der Waals surface area contributed by atoms with E-state index in [9.17, 15) is 9.59 Å². The summed E-state index contributed by atoms with van der Waals surface area (Å²) in [6.45, 7) is 14.7. The molecule has 0 bridgehead atoms. The van der Waals surface area contributed by atoms with E-state index in [4.69, 9.17) is 35.9 Å². The van der Waals surface area contributed by atoms with Crippen LogP contribution in [0.5, 0.6) is 0 Å². The maximum atomic E-state index is 12.4. The lowest BCUT2D eigenvalue weighted by Gasteiger charge is -2.28. The van der Waals surface area contributed by atoms with Gasteiger partial charge in [-0.05, 0) is 71.5 Å². The first kappa shape index (κ1) is 49.0. The standard InChI is InChI=1S/C28H52O5.C16H13NO2S.C3H8/c1-6-7-8-13-16-20-28(31-23-24-32-28)21-17-14-11-9-10-12-15-18-25(19-22-30-5)26(29)33-27(2,3)4;18-12-17-11-16(19-15(17)20,13-7-3-1-4-8-13)14-9-5-2-6-10-14;1-3-2/h12,15,25H,6-11,13-14,16-24H2,1-5H3;1-10,12H,11H2;3H2,1-2H3/b15-12+;;/t25-;;/m0../s1. The van der Waals surface area contributed by atoms with Gasteiger partial charge < -0.3 is 23.7 Å². The zero-order chi connectivity index (χ0) is 41.1. The molecule has 0 radical (unpaired) electrons. The molecule has 4 rings (SSSR count). The first-order valence-electron chi connectivity index (χ1n) is 21.2. The molecule has 9 heteroatoms. The van der Waals surface area contributed by atoms with Crippen LogP contribution in [0.4, 0.5) is 0 Å². The van der Waals surface area contributed by atoms with Crippen LogP contribution in [0.2, 0.25) is 0 Å². The highest BCUT2D eigenvalue weighted by atomic mass is 32.1. The summed E-state index contributed by atoms with van der Waals surface area (Å²) in [4.78, 5) is 25.0. The number of thiocarbonyl (C=S) groups is 1. The van der Waals surface area contributed by atoms with Gasteiger partial charge in [0, 0.05) is 37.7 Å². The third-order valence-electron chi connectivity index (χ3n) is 9.65. The van der Waals surface area contributed by atoms with E-state index in [0.29, 0.717) is 26.0 Å². The van der Waals surface area contributed by atoms with Gasteiger partial charge in [0.25, 0.3) is 5.17 Å². The average molecular weight is 796 g/mol. The lowest BCUT2D eigenvalue weighted by atomic mass is 9.86. The van der Waals surface area contributed by atoms with E-state index in [1.807, 2.05) is 81.4 Å². The van der Waals surface area contributed by atoms with E-state index in [-0.39, 0.29) is 22.8 Å². The summed E-state index contributed by atoms with van der Waals surface area (Å²) in [7, 11) is 1.67. The average Bonchev–Trinajstić information content (AvgIpc) is 3.80. The van der Waals surface area contributed by atoms with E-state index in [0.717, 1.165) is 56.4 Å². The molecule has 0 spiro atoms. The molecule has 1 amide bonds. The van der Waals surface area contributed by atoms with Gasteiger partial charge in [-0.25, -0.2) is 0 Å². The van der Waals surface area contributed by atoms with Gasteiger partial charge >= 0.3 is 5.97 Å². The van der Waals surface area contributed by atoms with Crippen LogP contribution < -0.4 is 0 Å². The number of unbranched alkanes of at least 4 members (excludes halogenated alkanes) is 8. The number of carbonyl (C=O) groups is 2. The first-order chi connectivity index (χ1) is 27.0. The molecule has 0 aromatic heterocycles. The Morgan fingerprint density at radius 2 is 1.38 bits per heavy atom. The second kappa shape index (κ2) is 27.5. The van der Waals surface area contributed by atoms with Gasteiger partial charge in [0.05, 0.1) is 25.7 Å². The molecular weight excluding hydrogens is 723 g/mol. The summed E-state index contributed by atoms with van der Waals surface area (Å²) in [5, 5.41) is 0.215. The van der Waals surface area contributed by atoms with Crippen molar-refractivity contribution in [3.05, 3.63) is 83.9 Å². The largest absolute Gasteiger partial charge is 0.460 e. The minimum absolute atomic E-state index is 0.125. The number of rotatable bonds is 22. The zero-order valence-electron chi connectivity index (χ0n) is 35.7. The Balaban J connectivity index is 0.000000396. The van der Waals surface area contributed by atoms with Crippen molar-refractivity contribution < 1.29 is 33.3 Å². The topological polar surface area (TPSA) is 83.5 Å². The van der Waals surface area contributed by atoms with Gasteiger partial charge in [-0.3, -0.25) is 14.5 Å². The molecule has 8 nitrogen and oxygen atoms in total. The molecule has 2 heterocycles. The number of hydrogen-bond acceptors (Lipinski definition) is 8. The number of amides is 1. The minimum atomic E-state index is -0.722. The molecule has 0 N–H and O–H groups in total. The highest BCUT2D eigenvalue weighted by molar-refractivity contribution is 7.80. The van der Waals surface area contributed by atoms with Crippen LogP contribution in [-0.2, 0) is 38.9 Å². The quantitative estimate of drug-likeness (QED) is 0.0383. The van der Waals surface area contributed by atoms with Gasteiger partial charge in [-0.1, -0.05) is 139 Å². The minimum Gasteiger partial charge on any atom is -0.460 e. The fourth-order valence-corrected chi connectivity index (χ4v) is 7.03. The second-order valence-electron chi connectivity index (χ2n) is 15.8. The fourth-order valence-electron chi connectivity index (χ4n) is 6.78. The molecule has 2 aromatic rings. The third kappa shape index (κ3) is 18.0. The molecule has 2 fully saturated rings. The number of nitrogens with zero attached hydrogens (tertiary/aromatic N) is 1. The SMILES string of the molecule is CCC.CCCCCCCC1(CCCCCC/C=C/C[C@@H](CCOC)C(=O)OC(C)(C)C)OCCO1.O=CN1CC(c2ccccc2)(c2ccccc2)OC1=S. The predicted octanol–water partition coefficient (Wildman–Crippen LogP) is 11.5. The molecule has 0 unspecified atom stereocenters. The van der Waals surface area contributed by atoms with Crippen molar-refractivity contribution in [3.8, 4) is 0 Å². The number of benzene rings is 2. The summed E-state index contributed by atoms with van der Waals surface area (Å²) in [6, 6.07) is 19.7. The third-order valence-corrected chi connectivity index (χ3v) is 9.97. The summed E-state index contributed by atoms with van der Waals surface area (Å²) in [5.74, 6) is -0.560. The Bertz CT molecular complexity index is 1330. The number of allylic oxidation sites excluding steroid dienone is 2. The molecule has 2 saturated heterocycles. The summed E-state index contributed by atoms with van der Waals surface area (Å²) in [5.41, 5.74) is 0.797. The van der Waals surface area contributed by atoms with Crippen LogP contribution in [0.1, 0.15) is 149 Å². The maximum Gasteiger partial charge on any atom is 0.309 e. The lowest BCUT2D eigenvalue weighted by molar-refractivity contribution is -0.168. The first-order valence-corrected chi connectivity index (χ1v) is 21.6. The van der Waals surface area contributed by atoms with Crippen molar-refractivity contribution in [2.24, 2.45) is 5.92 Å². The molecular formula is C47H73NO7S. The van der Waals surface area contributed by atoms with Crippen molar-refractivity contribution in [2.45, 2.75) is 155 Å². The number of esters is 1. The van der Waals surface area contributed by atoms with E-state index in [2.05, 4.69) is 32.9 Å². The number of ether oxygens (including phenoxy) is 5. The van der Waals surface area contributed by atoms with Crippen molar-refractivity contribution in [2.75, 3.05) is 33.5 Å². The van der Waals surface area contributed by atoms with Crippen LogP contribution >= 0.6 is 12.2 Å². The number of carbonyl (C=O) groups excluding carboxylic acids is 2. The Morgan fingerprint density at radius 3 is 1.86 bits per heavy atom. The van der Waals surface area contributed by atoms with Crippen LogP contribution in [-0.4, -0.2) is 67.3 Å². The highest BCUT2D eigenvalue weighted by Crippen LogP contribution is 2.39. The van der Waals surface area contributed by atoms with Crippen molar-refractivity contribution in [3.63, 3.8) is 0 Å². The molecule has 0 saturated carbocycles. The number of hydrogen-bond donors (Lipinski definition) is 0. The summed E-state index contributed by atoms with van der Waals surface area (Å²) < 4.78 is 28.7. The van der Waals surface area contributed by atoms with Gasteiger partial charge in [0.15, 0.2) is 11.4 Å². The normalized spacial score (nSPS) is 16.3. The van der Waals surface area contributed by atoms with E-state index >= 15 is 0 Å². The maximum absolute atomic E-state index is 12.4. The predicted molar refractivity (Wildman–Crippen MR) is 231 cm³/mol.